The van der Waals surface area contributed by atoms with Crippen LogP contribution in [0.5, 0.6) is 0 Å². The summed E-state index contributed by atoms with van der Waals surface area (Å²) in [7, 11) is 0. The Balaban J connectivity index is 3.70. The van der Waals surface area contributed by atoms with Crippen LogP contribution >= 0.6 is 0 Å². The molecule has 0 aromatic heterocycles. The standard InChI is InChI=1S/C14H28N2O3/c1-11(2)16(12(3)4)10-9-15-13(17)7-5-6-8-14(18)19/h11-12H,5-10H2,1-4H3,(H,15,17)(H,18,19). The van der Waals surface area contributed by atoms with Crippen LogP contribution in [0.15, 0.2) is 0 Å². The van der Waals surface area contributed by atoms with Crippen LogP contribution in [0.25, 0.3) is 0 Å². The van der Waals surface area contributed by atoms with Gasteiger partial charge in [0.25, 0.3) is 0 Å². The van der Waals surface area contributed by atoms with E-state index < -0.39 is 5.97 Å². The summed E-state index contributed by atoms with van der Waals surface area (Å²) in [6.45, 7) is 10.1. The van der Waals surface area contributed by atoms with Crippen molar-refractivity contribution in [2.75, 3.05) is 13.1 Å². The highest BCUT2D eigenvalue weighted by molar-refractivity contribution is 5.75. The van der Waals surface area contributed by atoms with E-state index in [2.05, 4.69) is 37.9 Å². The maximum absolute atomic E-state index is 11.5. The van der Waals surface area contributed by atoms with Crippen LogP contribution in [0.3, 0.4) is 0 Å². The minimum atomic E-state index is -0.801. The Bertz CT molecular complexity index is 270. The van der Waals surface area contributed by atoms with Crippen molar-refractivity contribution in [3.63, 3.8) is 0 Å². The summed E-state index contributed by atoms with van der Waals surface area (Å²) in [5.41, 5.74) is 0. The highest BCUT2D eigenvalue weighted by Crippen LogP contribution is 2.03. The second kappa shape index (κ2) is 9.78. The minimum Gasteiger partial charge on any atom is -0.481 e. The third-order valence-corrected chi connectivity index (χ3v) is 3.06. The minimum absolute atomic E-state index is 0.0119. The number of nitrogens with zero attached hydrogens (tertiary/aromatic N) is 1. The van der Waals surface area contributed by atoms with Gasteiger partial charge in [0.15, 0.2) is 0 Å². The van der Waals surface area contributed by atoms with E-state index in [4.69, 9.17) is 5.11 Å². The second-order valence-electron chi connectivity index (χ2n) is 5.38. The molecule has 0 radical (unpaired) electrons. The van der Waals surface area contributed by atoms with Crippen LogP contribution < -0.4 is 5.32 Å². The molecule has 2 N–H and O–H groups in total. The van der Waals surface area contributed by atoms with Crippen LogP contribution in [-0.4, -0.2) is 47.1 Å². The molecule has 1 amide bonds. The normalized spacial score (nSPS) is 11.3. The molecule has 0 aliphatic carbocycles. The summed E-state index contributed by atoms with van der Waals surface area (Å²) in [5, 5.41) is 11.4. The lowest BCUT2D eigenvalue weighted by molar-refractivity contribution is -0.137. The molecule has 0 aliphatic heterocycles. The predicted molar refractivity (Wildman–Crippen MR) is 76.1 cm³/mol. The smallest absolute Gasteiger partial charge is 0.303 e. The molecule has 0 atom stereocenters. The summed E-state index contributed by atoms with van der Waals surface area (Å²) >= 11 is 0. The highest BCUT2D eigenvalue weighted by Gasteiger charge is 2.12. The molecule has 0 bridgehead atoms. The Hall–Kier alpha value is -1.10. The SMILES string of the molecule is CC(C)N(CCNC(=O)CCCCC(=O)O)C(C)C. The van der Waals surface area contributed by atoms with Gasteiger partial charge in [0, 0.05) is 38.0 Å². The zero-order valence-corrected chi connectivity index (χ0v) is 12.6. The van der Waals surface area contributed by atoms with Gasteiger partial charge in [-0.1, -0.05) is 0 Å². The van der Waals surface area contributed by atoms with Crippen molar-refractivity contribution in [3.8, 4) is 0 Å². The van der Waals surface area contributed by atoms with Gasteiger partial charge in [0.2, 0.25) is 5.91 Å². The molecule has 5 nitrogen and oxygen atoms in total. The number of carbonyl (C=O) groups is 2. The van der Waals surface area contributed by atoms with Gasteiger partial charge in [0.1, 0.15) is 0 Å². The van der Waals surface area contributed by atoms with E-state index in [9.17, 15) is 9.59 Å². The molecule has 0 saturated heterocycles. The van der Waals surface area contributed by atoms with Crippen LogP contribution in [0.4, 0.5) is 0 Å². The summed E-state index contributed by atoms with van der Waals surface area (Å²) in [6.07, 6.45) is 1.75. The molecule has 0 rings (SSSR count). The van der Waals surface area contributed by atoms with Crippen molar-refractivity contribution < 1.29 is 14.7 Å². The molecule has 0 saturated carbocycles. The Labute approximate surface area is 116 Å². The number of nitrogens with one attached hydrogen (secondary N) is 1. The molecule has 0 aromatic rings. The molecular formula is C14H28N2O3. The van der Waals surface area contributed by atoms with Gasteiger partial charge in [-0.2, -0.15) is 0 Å². The van der Waals surface area contributed by atoms with Gasteiger partial charge in [-0.05, 0) is 40.5 Å². The largest absolute Gasteiger partial charge is 0.481 e. The van der Waals surface area contributed by atoms with Crippen molar-refractivity contribution in [2.24, 2.45) is 0 Å². The Morgan fingerprint density at radius 1 is 1.05 bits per heavy atom. The van der Waals surface area contributed by atoms with Crippen molar-refractivity contribution in [2.45, 2.75) is 65.5 Å². The van der Waals surface area contributed by atoms with Crippen molar-refractivity contribution in [1.29, 1.82) is 0 Å². The summed E-state index contributed by atoms with van der Waals surface area (Å²) in [5.74, 6) is -0.789. The molecule has 19 heavy (non-hydrogen) atoms. The molecule has 0 fully saturated rings. The van der Waals surface area contributed by atoms with Gasteiger partial charge < -0.3 is 10.4 Å². The predicted octanol–water partition coefficient (Wildman–Crippen LogP) is 1.87. The Kier molecular flexibility index (Phi) is 9.21. The van der Waals surface area contributed by atoms with Crippen LogP contribution in [0, 0.1) is 0 Å². The fourth-order valence-corrected chi connectivity index (χ4v) is 2.09. The third-order valence-electron chi connectivity index (χ3n) is 3.06. The highest BCUT2D eigenvalue weighted by atomic mass is 16.4. The maximum Gasteiger partial charge on any atom is 0.303 e. The van der Waals surface area contributed by atoms with Crippen LogP contribution in [-0.2, 0) is 9.59 Å². The van der Waals surface area contributed by atoms with Gasteiger partial charge in [-0.3, -0.25) is 14.5 Å². The number of amides is 1. The molecular weight excluding hydrogens is 244 g/mol. The monoisotopic (exact) mass is 272 g/mol. The first kappa shape index (κ1) is 17.9. The van der Waals surface area contributed by atoms with E-state index in [-0.39, 0.29) is 12.3 Å². The zero-order valence-electron chi connectivity index (χ0n) is 12.6. The lowest BCUT2D eigenvalue weighted by atomic mass is 10.2. The van der Waals surface area contributed by atoms with E-state index in [0.717, 1.165) is 6.54 Å². The molecule has 0 aliphatic rings. The fourth-order valence-electron chi connectivity index (χ4n) is 2.09. The second-order valence-corrected chi connectivity index (χ2v) is 5.38. The van der Waals surface area contributed by atoms with Gasteiger partial charge in [-0.25, -0.2) is 0 Å². The molecule has 0 spiro atoms. The number of unbranched alkanes of at least 4 members (excludes halogenated alkanes) is 1. The van der Waals surface area contributed by atoms with Crippen molar-refractivity contribution >= 4 is 11.9 Å². The van der Waals surface area contributed by atoms with E-state index in [1.54, 1.807) is 0 Å². The number of carboxylic acid groups (broad SMARTS) is 1. The first-order chi connectivity index (χ1) is 8.84. The number of rotatable bonds is 10. The van der Waals surface area contributed by atoms with E-state index in [1.165, 1.54) is 0 Å². The molecule has 5 heteroatoms. The molecule has 0 aromatic carbocycles. The fraction of sp³-hybridized carbons (Fsp3) is 0.857. The lowest BCUT2D eigenvalue weighted by Crippen LogP contribution is -2.42. The number of hydrogen-bond acceptors (Lipinski definition) is 3. The number of carbonyl (C=O) groups excluding carboxylic acids is 1. The zero-order chi connectivity index (χ0) is 14.8. The first-order valence-corrected chi connectivity index (χ1v) is 7.08. The maximum atomic E-state index is 11.5. The Morgan fingerprint density at radius 2 is 1.58 bits per heavy atom. The first-order valence-electron chi connectivity index (χ1n) is 7.08. The quantitative estimate of drug-likeness (QED) is 0.596. The van der Waals surface area contributed by atoms with Gasteiger partial charge >= 0.3 is 5.97 Å². The number of carboxylic acids is 1. The van der Waals surface area contributed by atoms with Crippen molar-refractivity contribution in [1.82, 2.24) is 10.2 Å². The average molecular weight is 272 g/mol. The summed E-state index contributed by atoms with van der Waals surface area (Å²) in [4.78, 5) is 24.2. The number of aliphatic carboxylic acids is 1. The van der Waals surface area contributed by atoms with E-state index in [0.29, 0.717) is 37.9 Å². The summed E-state index contributed by atoms with van der Waals surface area (Å²) < 4.78 is 0. The summed E-state index contributed by atoms with van der Waals surface area (Å²) in [6, 6.07) is 0.930. The average Bonchev–Trinajstić information content (AvgIpc) is 2.29. The van der Waals surface area contributed by atoms with Crippen LogP contribution in [0.1, 0.15) is 53.4 Å². The van der Waals surface area contributed by atoms with Gasteiger partial charge in [-0.15, -0.1) is 0 Å². The Morgan fingerprint density at radius 3 is 2.05 bits per heavy atom. The molecule has 112 valence electrons. The third kappa shape index (κ3) is 9.47. The topological polar surface area (TPSA) is 69.6 Å². The van der Waals surface area contributed by atoms with E-state index >= 15 is 0 Å². The van der Waals surface area contributed by atoms with Crippen molar-refractivity contribution in [3.05, 3.63) is 0 Å². The molecule has 0 unspecified atom stereocenters. The number of hydrogen-bond donors (Lipinski definition) is 2. The van der Waals surface area contributed by atoms with E-state index in [1.807, 2.05) is 0 Å². The lowest BCUT2D eigenvalue weighted by Gasteiger charge is -2.30. The van der Waals surface area contributed by atoms with Crippen LogP contribution in [0.2, 0.25) is 0 Å². The molecule has 0 heterocycles. The van der Waals surface area contributed by atoms with Gasteiger partial charge in [0.05, 0.1) is 0 Å².